The van der Waals surface area contributed by atoms with Crippen LogP contribution >= 0.6 is 15.9 Å². The highest BCUT2D eigenvalue weighted by molar-refractivity contribution is 9.10. The van der Waals surface area contributed by atoms with Crippen molar-refractivity contribution in [2.24, 2.45) is 11.8 Å². The van der Waals surface area contributed by atoms with E-state index in [9.17, 15) is 4.79 Å². The van der Waals surface area contributed by atoms with Gasteiger partial charge in [0, 0.05) is 27.6 Å². The van der Waals surface area contributed by atoms with Crippen LogP contribution in [0.3, 0.4) is 0 Å². The van der Waals surface area contributed by atoms with E-state index in [2.05, 4.69) is 70.3 Å². The highest BCUT2D eigenvalue weighted by Crippen LogP contribution is 2.51. The smallest absolute Gasteiger partial charge is 0.411 e. The van der Waals surface area contributed by atoms with Crippen molar-refractivity contribution >= 4 is 33.7 Å². The van der Waals surface area contributed by atoms with Gasteiger partial charge in [0.2, 0.25) is 0 Å². The largest absolute Gasteiger partial charge is 0.489 e. The van der Waals surface area contributed by atoms with E-state index >= 15 is 0 Å². The number of hydrogen-bond acceptors (Lipinski definition) is 4. The number of amides is 1. The number of nitrogens with zero attached hydrogens (tertiary/aromatic N) is 2. The second-order valence-electron chi connectivity index (χ2n) is 12.5. The third kappa shape index (κ3) is 4.30. The van der Waals surface area contributed by atoms with E-state index in [4.69, 9.17) is 14.5 Å². The van der Waals surface area contributed by atoms with Gasteiger partial charge in [0.15, 0.2) is 0 Å². The molecule has 3 heterocycles. The molecule has 2 fully saturated rings. The van der Waals surface area contributed by atoms with Gasteiger partial charge in [0.1, 0.15) is 23.3 Å². The van der Waals surface area contributed by atoms with Crippen molar-refractivity contribution in [2.45, 2.75) is 77.2 Å². The van der Waals surface area contributed by atoms with E-state index in [1.165, 1.54) is 16.7 Å². The Bertz CT molecular complexity index is 1500. The van der Waals surface area contributed by atoms with Crippen LogP contribution in [0.15, 0.2) is 47.1 Å². The van der Waals surface area contributed by atoms with Gasteiger partial charge in [-0.05, 0) is 94.2 Å². The number of benzene rings is 2. The van der Waals surface area contributed by atoms with Gasteiger partial charge in [-0.3, -0.25) is 4.90 Å². The van der Waals surface area contributed by atoms with Gasteiger partial charge in [-0.2, -0.15) is 0 Å². The van der Waals surface area contributed by atoms with Crippen molar-refractivity contribution in [3.05, 3.63) is 69.6 Å². The minimum Gasteiger partial charge on any atom is -0.489 e. The van der Waals surface area contributed by atoms with Crippen LogP contribution in [0.5, 0.6) is 5.75 Å². The molecule has 1 saturated carbocycles. The highest BCUT2D eigenvalue weighted by atomic mass is 79.9. The Morgan fingerprint density at radius 1 is 1.18 bits per heavy atom. The number of carbonyl (C=O) groups is 1. The molecule has 1 amide bonds. The van der Waals surface area contributed by atoms with Gasteiger partial charge in [0.05, 0.1) is 17.9 Å². The molecule has 0 spiro atoms. The lowest BCUT2D eigenvalue weighted by Gasteiger charge is -2.37. The predicted molar refractivity (Wildman–Crippen MR) is 155 cm³/mol. The molecule has 3 aromatic rings. The van der Waals surface area contributed by atoms with Crippen LogP contribution < -0.4 is 4.74 Å². The summed E-state index contributed by atoms with van der Waals surface area (Å²) in [4.78, 5) is 23.4. The number of carbonyl (C=O) groups excluding carboxylic acids is 1. The third-order valence-electron chi connectivity index (χ3n) is 8.81. The van der Waals surface area contributed by atoms with Crippen molar-refractivity contribution in [3.8, 4) is 17.0 Å². The van der Waals surface area contributed by atoms with Crippen LogP contribution in [0.4, 0.5) is 4.79 Å². The van der Waals surface area contributed by atoms with E-state index in [-0.39, 0.29) is 24.3 Å². The van der Waals surface area contributed by atoms with E-state index < -0.39 is 5.60 Å². The average molecular weight is 589 g/mol. The summed E-state index contributed by atoms with van der Waals surface area (Å²) in [5.41, 5.74) is 6.60. The minimum absolute atomic E-state index is 0.0752. The lowest BCUT2D eigenvalue weighted by atomic mass is 9.76. The molecule has 4 aliphatic rings. The van der Waals surface area contributed by atoms with Crippen molar-refractivity contribution in [1.82, 2.24) is 14.9 Å². The second-order valence-corrected chi connectivity index (χ2v) is 13.4. The van der Waals surface area contributed by atoms with Gasteiger partial charge in [-0.15, -0.1) is 0 Å². The number of piperidine rings is 1. The first-order valence-corrected chi connectivity index (χ1v) is 14.8. The number of likely N-dealkylation sites (tertiary alicyclic amines) is 1. The number of halogens is 1. The first kappa shape index (κ1) is 24.9. The number of rotatable bonds is 2. The Kier molecular flexibility index (Phi) is 5.74. The molecular formula is C32H34BrN3O3. The van der Waals surface area contributed by atoms with Crippen molar-refractivity contribution in [3.63, 3.8) is 0 Å². The van der Waals surface area contributed by atoms with Gasteiger partial charge in [-0.1, -0.05) is 40.2 Å². The molecule has 2 aromatic carbocycles. The summed E-state index contributed by atoms with van der Waals surface area (Å²) in [6.45, 7) is 7.93. The number of imidazole rings is 1. The maximum atomic E-state index is 13.2. The molecule has 5 unspecified atom stereocenters. The van der Waals surface area contributed by atoms with Crippen LogP contribution in [-0.2, 0) is 11.2 Å². The molecule has 202 valence electrons. The molecule has 5 atom stereocenters. The molecule has 0 radical (unpaired) electrons. The molecule has 2 bridgehead atoms. The zero-order valence-electron chi connectivity index (χ0n) is 22.8. The van der Waals surface area contributed by atoms with Crippen LogP contribution in [0.2, 0.25) is 0 Å². The van der Waals surface area contributed by atoms with E-state index in [1.807, 2.05) is 31.9 Å². The molecule has 2 aliphatic heterocycles. The lowest BCUT2D eigenvalue weighted by Crippen LogP contribution is -2.43. The van der Waals surface area contributed by atoms with Crippen LogP contribution in [0, 0.1) is 11.8 Å². The summed E-state index contributed by atoms with van der Waals surface area (Å²) in [6, 6.07) is 13.2. The molecule has 1 saturated heterocycles. The number of ether oxygens (including phenoxy) is 2. The Balaban J connectivity index is 1.19. The van der Waals surface area contributed by atoms with Gasteiger partial charge in [0.25, 0.3) is 0 Å². The zero-order chi connectivity index (χ0) is 27.1. The number of aromatic amines is 1. The van der Waals surface area contributed by atoms with Crippen molar-refractivity contribution in [2.75, 3.05) is 0 Å². The second kappa shape index (κ2) is 8.98. The fourth-order valence-electron chi connectivity index (χ4n) is 7.06. The van der Waals surface area contributed by atoms with Gasteiger partial charge >= 0.3 is 6.09 Å². The van der Waals surface area contributed by atoms with Crippen LogP contribution in [0.1, 0.15) is 75.5 Å². The Morgan fingerprint density at radius 3 is 2.85 bits per heavy atom. The topological polar surface area (TPSA) is 67.4 Å². The average Bonchev–Trinajstić information content (AvgIpc) is 3.63. The monoisotopic (exact) mass is 587 g/mol. The number of H-pyrrole nitrogens is 1. The van der Waals surface area contributed by atoms with E-state index in [1.54, 1.807) is 0 Å². The highest BCUT2D eigenvalue weighted by Gasteiger charge is 2.51. The molecule has 39 heavy (non-hydrogen) atoms. The van der Waals surface area contributed by atoms with E-state index in [0.717, 1.165) is 58.6 Å². The van der Waals surface area contributed by atoms with Gasteiger partial charge in [-0.25, -0.2) is 9.78 Å². The number of aromatic nitrogens is 2. The standard InChI is InChI=1S/C32H34BrN3O3/c1-17-25-13-18-5-8-22(33)11-21(18)14-26(25)24-10-7-19(15-28(24)38-17)27-16-34-30(35-27)29-20-6-9-23(12-20)36(29)31(37)39-32(2,3)4/h5,7-8,10-11,14-17,20,23,25,29H,6,9,12-13H2,1-4H3,(H,34,35). The molecule has 7 heteroatoms. The summed E-state index contributed by atoms with van der Waals surface area (Å²) < 4.78 is 13.4. The quantitative estimate of drug-likeness (QED) is 0.332. The zero-order valence-corrected chi connectivity index (χ0v) is 24.4. The summed E-state index contributed by atoms with van der Waals surface area (Å²) in [6.07, 6.45) is 8.22. The Morgan fingerprint density at radius 2 is 2.03 bits per heavy atom. The minimum atomic E-state index is -0.524. The molecule has 6 nitrogen and oxygen atoms in total. The molecular weight excluding hydrogens is 554 g/mol. The number of fused-ring (bicyclic) bond motifs is 6. The summed E-state index contributed by atoms with van der Waals surface area (Å²) in [5, 5.41) is 0. The molecule has 2 aliphatic carbocycles. The van der Waals surface area contributed by atoms with Crippen LogP contribution in [-0.4, -0.2) is 38.7 Å². The van der Waals surface area contributed by atoms with Gasteiger partial charge < -0.3 is 14.5 Å². The summed E-state index contributed by atoms with van der Waals surface area (Å²) >= 11 is 3.63. The SMILES string of the molecule is CC1Oc2cc(-c3cnc(C4C5CCC(C5)N4C(=O)OC(C)(C)C)[nH]3)ccc2C2=Cc3cc(Br)ccc3CC21. The number of hydrogen-bond donors (Lipinski definition) is 1. The third-order valence-corrected chi connectivity index (χ3v) is 9.30. The number of nitrogens with one attached hydrogen (secondary N) is 1. The first-order valence-electron chi connectivity index (χ1n) is 14.0. The molecule has 7 rings (SSSR count). The first-order chi connectivity index (χ1) is 18.6. The predicted octanol–water partition coefficient (Wildman–Crippen LogP) is 7.79. The van der Waals surface area contributed by atoms with Crippen molar-refractivity contribution in [1.29, 1.82) is 0 Å². The Hall–Kier alpha value is -3.06. The maximum Gasteiger partial charge on any atom is 0.411 e. The van der Waals surface area contributed by atoms with Crippen molar-refractivity contribution < 1.29 is 14.3 Å². The fourth-order valence-corrected chi connectivity index (χ4v) is 7.44. The fraction of sp³-hybridized carbons (Fsp3) is 0.438. The normalized spacial score (nSPS) is 26.8. The van der Waals surface area contributed by atoms with E-state index in [0.29, 0.717) is 11.8 Å². The summed E-state index contributed by atoms with van der Waals surface area (Å²) in [5.74, 6) is 2.50. The maximum absolute atomic E-state index is 13.2. The Labute approximate surface area is 237 Å². The summed E-state index contributed by atoms with van der Waals surface area (Å²) in [7, 11) is 0. The lowest BCUT2D eigenvalue weighted by molar-refractivity contribution is 0.00620. The molecule has 1 aromatic heterocycles. The molecule has 1 N–H and O–H groups in total. The van der Waals surface area contributed by atoms with Crippen LogP contribution in [0.25, 0.3) is 22.9 Å².